The average molecular weight is 268 g/mol. The van der Waals surface area contributed by atoms with Gasteiger partial charge in [0.2, 0.25) is 0 Å². The molecule has 0 radical (unpaired) electrons. The lowest BCUT2D eigenvalue weighted by Crippen LogP contribution is -2.06. The molecule has 1 aliphatic carbocycles. The summed E-state index contributed by atoms with van der Waals surface area (Å²) in [5.74, 6) is 1.81. The van der Waals surface area contributed by atoms with Crippen LogP contribution in [0.3, 0.4) is 0 Å². The van der Waals surface area contributed by atoms with Crippen LogP contribution in [0.4, 0.5) is 0 Å². The quantitative estimate of drug-likeness (QED) is 0.864. The van der Waals surface area contributed by atoms with Crippen molar-refractivity contribution in [2.45, 2.75) is 25.4 Å². The van der Waals surface area contributed by atoms with E-state index >= 15 is 0 Å². The number of aliphatic hydroxyl groups excluding tert-OH is 1. The van der Waals surface area contributed by atoms with E-state index < -0.39 is 0 Å². The largest absolute Gasteiger partial charge is 0.489 e. The first-order valence-corrected chi connectivity index (χ1v) is 7.24. The Morgan fingerprint density at radius 1 is 1.05 bits per heavy atom. The predicted molar refractivity (Wildman–Crippen MR) is 79.8 cm³/mol. The van der Waals surface area contributed by atoms with Gasteiger partial charge in [0.05, 0.1) is 6.61 Å². The van der Waals surface area contributed by atoms with Crippen LogP contribution in [0.5, 0.6) is 5.75 Å². The number of benzene rings is 2. The van der Waals surface area contributed by atoms with Gasteiger partial charge in [0.25, 0.3) is 0 Å². The van der Waals surface area contributed by atoms with Crippen LogP contribution in [0.25, 0.3) is 0 Å². The zero-order chi connectivity index (χ0) is 13.8. The van der Waals surface area contributed by atoms with Gasteiger partial charge in [-0.3, -0.25) is 0 Å². The second-order valence-electron chi connectivity index (χ2n) is 5.47. The maximum atomic E-state index is 9.55. The van der Waals surface area contributed by atoms with Crippen molar-refractivity contribution in [1.82, 2.24) is 0 Å². The lowest BCUT2D eigenvalue weighted by Gasteiger charge is -2.15. The van der Waals surface area contributed by atoms with Crippen molar-refractivity contribution in [3.63, 3.8) is 0 Å². The van der Waals surface area contributed by atoms with Crippen LogP contribution >= 0.6 is 0 Å². The maximum Gasteiger partial charge on any atom is 0.120 e. The van der Waals surface area contributed by atoms with Crippen molar-refractivity contribution in [2.75, 3.05) is 6.61 Å². The lowest BCUT2D eigenvalue weighted by atomic mass is 9.95. The van der Waals surface area contributed by atoms with Gasteiger partial charge in [0.15, 0.2) is 0 Å². The Hall–Kier alpha value is -1.80. The van der Waals surface area contributed by atoms with E-state index in [1.807, 2.05) is 30.3 Å². The molecule has 1 aliphatic rings. The van der Waals surface area contributed by atoms with Gasteiger partial charge in [-0.05, 0) is 42.0 Å². The van der Waals surface area contributed by atoms with Crippen molar-refractivity contribution in [1.29, 1.82) is 0 Å². The number of aliphatic hydroxyl groups is 1. The van der Waals surface area contributed by atoms with Gasteiger partial charge in [-0.2, -0.15) is 0 Å². The molecule has 1 N–H and O–H groups in total. The third-order valence-corrected chi connectivity index (χ3v) is 3.92. The highest BCUT2D eigenvalue weighted by Gasteiger charge is 2.31. The summed E-state index contributed by atoms with van der Waals surface area (Å²) in [4.78, 5) is 0. The molecular formula is C18H20O2. The highest BCUT2D eigenvalue weighted by molar-refractivity contribution is 5.32. The predicted octanol–water partition coefficient (Wildman–Crippen LogP) is 3.75. The smallest absolute Gasteiger partial charge is 0.120 e. The van der Waals surface area contributed by atoms with Crippen molar-refractivity contribution in [3.05, 3.63) is 65.7 Å². The summed E-state index contributed by atoms with van der Waals surface area (Å²) in [5.41, 5.74) is 2.36. The van der Waals surface area contributed by atoms with Crippen LogP contribution in [-0.2, 0) is 6.61 Å². The number of ether oxygens (including phenoxy) is 1. The minimum atomic E-state index is 0.229. The summed E-state index contributed by atoms with van der Waals surface area (Å²) in [5, 5.41) is 9.55. The van der Waals surface area contributed by atoms with E-state index in [-0.39, 0.29) is 12.5 Å². The Kier molecular flexibility index (Phi) is 4.03. The zero-order valence-corrected chi connectivity index (χ0v) is 11.5. The zero-order valence-electron chi connectivity index (χ0n) is 11.5. The van der Waals surface area contributed by atoms with Gasteiger partial charge < -0.3 is 9.84 Å². The minimum absolute atomic E-state index is 0.229. The molecule has 0 unspecified atom stereocenters. The maximum absolute atomic E-state index is 9.55. The van der Waals surface area contributed by atoms with Gasteiger partial charge in [0.1, 0.15) is 12.4 Å². The second-order valence-corrected chi connectivity index (χ2v) is 5.47. The Balaban J connectivity index is 1.68. The molecule has 0 saturated heterocycles. The molecule has 104 valence electrons. The average Bonchev–Trinajstić information content (AvgIpc) is 3.32. The number of rotatable bonds is 6. The van der Waals surface area contributed by atoms with Crippen LogP contribution in [-0.4, -0.2) is 11.7 Å². The number of hydrogen-bond acceptors (Lipinski definition) is 2. The van der Waals surface area contributed by atoms with Crippen LogP contribution in [0.2, 0.25) is 0 Å². The van der Waals surface area contributed by atoms with E-state index in [4.69, 9.17) is 4.74 Å². The molecule has 2 nitrogen and oxygen atoms in total. The molecular weight excluding hydrogens is 248 g/mol. The minimum Gasteiger partial charge on any atom is -0.489 e. The van der Waals surface area contributed by atoms with Crippen LogP contribution < -0.4 is 4.74 Å². The monoisotopic (exact) mass is 268 g/mol. The molecule has 20 heavy (non-hydrogen) atoms. The molecule has 2 heteroatoms. The van der Waals surface area contributed by atoms with E-state index in [1.54, 1.807) is 0 Å². The molecule has 3 rings (SSSR count). The van der Waals surface area contributed by atoms with Gasteiger partial charge in [0, 0.05) is 5.92 Å². The third-order valence-electron chi connectivity index (χ3n) is 3.92. The summed E-state index contributed by atoms with van der Waals surface area (Å²) in [6, 6.07) is 18.3. The van der Waals surface area contributed by atoms with Crippen molar-refractivity contribution < 1.29 is 9.84 Å². The third kappa shape index (κ3) is 3.20. The summed E-state index contributed by atoms with van der Waals surface area (Å²) in [7, 11) is 0. The van der Waals surface area contributed by atoms with Crippen molar-refractivity contribution in [3.8, 4) is 5.75 Å². The molecule has 1 saturated carbocycles. The molecule has 1 atom stereocenters. The fraction of sp³-hybridized carbons (Fsp3) is 0.333. The van der Waals surface area contributed by atoms with Crippen LogP contribution in [0.15, 0.2) is 54.6 Å². The fourth-order valence-corrected chi connectivity index (χ4v) is 2.60. The number of hydrogen-bond donors (Lipinski definition) is 1. The second kappa shape index (κ2) is 6.10. The summed E-state index contributed by atoms with van der Waals surface area (Å²) in [6.07, 6.45) is 2.47. The van der Waals surface area contributed by atoms with E-state index in [1.165, 1.54) is 24.0 Å². The first-order chi connectivity index (χ1) is 9.86. The molecule has 1 fully saturated rings. The van der Waals surface area contributed by atoms with Gasteiger partial charge in [-0.15, -0.1) is 0 Å². The normalized spacial score (nSPS) is 15.8. The SMILES string of the molecule is OC[C@H](c1cccc(OCc2ccccc2)c1)C1CC1. The molecule has 0 spiro atoms. The van der Waals surface area contributed by atoms with Gasteiger partial charge in [-0.25, -0.2) is 0 Å². The Morgan fingerprint density at radius 3 is 2.55 bits per heavy atom. The van der Waals surface area contributed by atoms with Crippen molar-refractivity contribution in [2.24, 2.45) is 5.92 Å². The fourth-order valence-electron chi connectivity index (χ4n) is 2.60. The Bertz CT molecular complexity index is 546. The molecule has 2 aromatic carbocycles. The Labute approximate surface area is 120 Å². The van der Waals surface area contributed by atoms with E-state index in [2.05, 4.69) is 24.3 Å². The molecule has 0 aliphatic heterocycles. The first-order valence-electron chi connectivity index (χ1n) is 7.24. The molecule has 2 aromatic rings. The molecule has 0 aromatic heterocycles. The topological polar surface area (TPSA) is 29.5 Å². The highest BCUT2D eigenvalue weighted by atomic mass is 16.5. The van der Waals surface area contributed by atoms with Crippen LogP contribution in [0.1, 0.15) is 29.9 Å². The first kappa shape index (κ1) is 13.2. The molecule has 0 amide bonds. The summed E-state index contributed by atoms with van der Waals surface area (Å²) in [6.45, 7) is 0.810. The summed E-state index contributed by atoms with van der Waals surface area (Å²) >= 11 is 0. The highest BCUT2D eigenvalue weighted by Crippen LogP contribution is 2.42. The molecule has 0 heterocycles. The Morgan fingerprint density at radius 2 is 1.85 bits per heavy atom. The lowest BCUT2D eigenvalue weighted by molar-refractivity contribution is 0.252. The van der Waals surface area contributed by atoms with Gasteiger partial charge in [-0.1, -0.05) is 42.5 Å². The van der Waals surface area contributed by atoms with Gasteiger partial charge >= 0.3 is 0 Å². The van der Waals surface area contributed by atoms with E-state index in [0.29, 0.717) is 12.5 Å². The summed E-state index contributed by atoms with van der Waals surface area (Å²) < 4.78 is 5.85. The standard InChI is InChI=1S/C18H20O2/c19-12-18(15-9-10-15)16-7-4-8-17(11-16)20-13-14-5-2-1-3-6-14/h1-8,11,15,18-19H,9-10,12-13H2/t18-/m0/s1. The van der Waals surface area contributed by atoms with E-state index in [9.17, 15) is 5.11 Å². The molecule has 0 bridgehead atoms. The van der Waals surface area contributed by atoms with Crippen molar-refractivity contribution >= 4 is 0 Å². The van der Waals surface area contributed by atoms with E-state index in [0.717, 1.165) is 5.75 Å². The van der Waals surface area contributed by atoms with Crippen LogP contribution in [0, 0.1) is 5.92 Å².